The van der Waals surface area contributed by atoms with E-state index >= 15 is 0 Å². The van der Waals surface area contributed by atoms with Gasteiger partial charge in [0.05, 0.1) is 22.7 Å². The summed E-state index contributed by atoms with van der Waals surface area (Å²) in [5, 5.41) is 0.922. The minimum Gasteiger partial charge on any atom is -0.484 e. The van der Waals surface area contributed by atoms with Crippen LogP contribution in [0, 0.1) is 27.7 Å². The number of rotatable bonds is 5. The molecule has 2 N–H and O–H groups in total. The Morgan fingerprint density at radius 2 is 1.80 bits per heavy atom. The summed E-state index contributed by atoms with van der Waals surface area (Å²) >= 11 is 1.39. The van der Waals surface area contributed by atoms with Gasteiger partial charge in [-0.3, -0.25) is 19.3 Å². The molecule has 2 aromatic carbocycles. The molecule has 178 valence electrons. The molecule has 0 fully saturated rings. The SMILES string of the molecule is Cc1cc2oc3c(c(=O)c2cc1C)[C@H](c1ccc(OCC(N)=O)cc1)N(c1nc(C)c(C)s1)C3=O. The molecule has 0 saturated carbocycles. The molecular formula is C26H23N3O5S. The summed E-state index contributed by atoms with van der Waals surface area (Å²) < 4.78 is 11.4. The van der Waals surface area contributed by atoms with Crippen molar-refractivity contribution in [2.75, 3.05) is 11.5 Å². The van der Waals surface area contributed by atoms with Gasteiger partial charge in [0.1, 0.15) is 11.3 Å². The van der Waals surface area contributed by atoms with Gasteiger partial charge >= 0.3 is 0 Å². The Labute approximate surface area is 205 Å². The molecule has 1 aliphatic rings. The Morgan fingerprint density at radius 3 is 2.43 bits per heavy atom. The van der Waals surface area contributed by atoms with Crippen molar-refractivity contribution in [3.05, 3.63) is 85.2 Å². The molecule has 1 atom stereocenters. The van der Waals surface area contributed by atoms with Gasteiger partial charge in [-0.05, 0) is 68.7 Å². The van der Waals surface area contributed by atoms with Crippen LogP contribution in [-0.2, 0) is 4.79 Å². The molecule has 1 aliphatic heterocycles. The van der Waals surface area contributed by atoms with Crippen LogP contribution in [0.5, 0.6) is 5.75 Å². The van der Waals surface area contributed by atoms with E-state index in [1.54, 1.807) is 36.4 Å². The maximum absolute atomic E-state index is 13.8. The lowest BCUT2D eigenvalue weighted by Crippen LogP contribution is -2.29. The molecular weight excluding hydrogens is 466 g/mol. The average Bonchev–Trinajstić information content (AvgIpc) is 3.30. The number of ether oxygens (including phenoxy) is 1. The molecule has 0 radical (unpaired) electrons. The van der Waals surface area contributed by atoms with Crippen molar-refractivity contribution in [2.45, 2.75) is 33.7 Å². The highest BCUT2D eigenvalue weighted by Gasteiger charge is 2.45. The van der Waals surface area contributed by atoms with Gasteiger partial charge in [0.15, 0.2) is 17.2 Å². The van der Waals surface area contributed by atoms with E-state index in [2.05, 4.69) is 4.98 Å². The van der Waals surface area contributed by atoms with E-state index in [-0.39, 0.29) is 23.4 Å². The number of carbonyl (C=O) groups excluding carboxylic acids is 2. The number of aryl methyl sites for hydroxylation is 4. The van der Waals surface area contributed by atoms with Crippen molar-refractivity contribution in [1.82, 2.24) is 4.98 Å². The summed E-state index contributed by atoms with van der Waals surface area (Å²) in [5.74, 6) is -0.526. The molecule has 0 saturated heterocycles. The highest BCUT2D eigenvalue weighted by Crippen LogP contribution is 2.43. The number of nitrogens with zero attached hydrogens (tertiary/aromatic N) is 2. The van der Waals surface area contributed by atoms with Crippen LogP contribution in [0.4, 0.5) is 5.13 Å². The van der Waals surface area contributed by atoms with Crippen LogP contribution < -0.4 is 20.8 Å². The Bertz CT molecular complexity index is 1550. The number of benzene rings is 2. The Morgan fingerprint density at radius 1 is 1.11 bits per heavy atom. The van der Waals surface area contributed by atoms with Crippen molar-refractivity contribution in [3.8, 4) is 5.75 Å². The molecule has 8 nitrogen and oxygen atoms in total. The van der Waals surface area contributed by atoms with Gasteiger partial charge in [0.2, 0.25) is 5.76 Å². The zero-order valence-corrected chi connectivity index (χ0v) is 20.5. The number of thiazole rings is 1. The van der Waals surface area contributed by atoms with E-state index < -0.39 is 17.9 Å². The number of hydrogen-bond donors (Lipinski definition) is 1. The highest BCUT2D eigenvalue weighted by atomic mass is 32.1. The van der Waals surface area contributed by atoms with Crippen LogP contribution in [0.25, 0.3) is 11.0 Å². The molecule has 4 aromatic rings. The van der Waals surface area contributed by atoms with Gasteiger partial charge in [-0.15, -0.1) is 11.3 Å². The van der Waals surface area contributed by atoms with Gasteiger partial charge in [-0.1, -0.05) is 12.1 Å². The van der Waals surface area contributed by atoms with Gasteiger partial charge in [0, 0.05) is 4.88 Å². The van der Waals surface area contributed by atoms with Gasteiger partial charge in [-0.25, -0.2) is 4.98 Å². The van der Waals surface area contributed by atoms with Crippen molar-refractivity contribution < 1.29 is 18.7 Å². The second-order valence-corrected chi connectivity index (χ2v) is 9.83. The zero-order valence-electron chi connectivity index (χ0n) is 19.7. The van der Waals surface area contributed by atoms with Crippen molar-refractivity contribution >= 4 is 39.3 Å². The van der Waals surface area contributed by atoms with E-state index in [0.717, 1.165) is 21.7 Å². The fourth-order valence-corrected chi connectivity index (χ4v) is 5.14. The summed E-state index contributed by atoms with van der Waals surface area (Å²) in [4.78, 5) is 45.6. The summed E-state index contributed by atoms with van der Waals surface area (Å²) in [6.07, 6.45) is 0. The summed E-state index contributed by atoms with van der Waals surface area (Å²) in [7, 11) is 0. The lowest BCUT2D eigenvalue weighted by molar-refractivity contribution is -0.119. The summed E-state index contributed by atoms with van der Waals surface area (Å²) in [6.45, 7) is 7.44. The monoisotopic (exact) mass is 489 g/mol. The van der Waals surface area contributed by atoms with E-state index in [1.165, 1.54) is 16.2 Å². The second kappa shape index (κ2) is 8.35. The molecule has 5 rings (SSSR count). The fraction of sp³-hybridized carbons (Fsp3) is 0.231. The molecule has 2 amide bonds. The first kappa shape index (κ1) is 22.8. The first-order valence-corrected chi connectivity index (χ1v) is 11.8. The number of aromatic nitrogens is 1. The molecule has 35 heavy (non-hydrogen) atoms. The van der Waals surface area contributed by atoms with Crippen LogP contribution in [0.2, 0.25) is 0 Å². The average molecular weight is 490 g/mol. The number of amides is 2. The smallest absolute Gasteiger partial charge is 0.297 e. The highest BCUT2D eigenvalue weighted by molar-refractivity contribution is 7.15. The minimum absolute atomic E-state index is 0.0234. The van der Waals surface area contributed by atoms with E-state index in [4.69, 9.17) is 14.9 Å². The van der Waals surface area contributed by atoms with Crippen LogP contribution in [0.3, 0.4) is 0 Å². The molecule has 0 bridgehead atoms. The van der Waals surface area contributed by atoms with Crippen LogP contribution in [0.15, 0.2) is 45.6 Å². The predicted molar refractivity (Wildman–Crippen MR) is 133 cm³/mol. The molecule has 0 aliphatic carbocycles. The van der Waals surface area contributed by atoms with Crippen LogP contribution in [-0.4, -0.2) is 23.4 Å². The van der Waals surface area contributed by atoms with Crippen LogP contribution in [0.1, 0.15) is 49.4 Å². The standard InChI is InChI=1S/C26H23N3O5S/c1-12-9-18-19(10-13(12)2)34-24-21(23(18)31)22(16-5-7-17(8-6-16)33-11-20(27)30)29(25(24)32)26-28-14(3)15(4)35-26/h5-10,22H,11H2,1-4H3,(H2,27,30)/t22-/m0/s1. The molecule has 0 spiro atoms. The molecule has 9 heteroatoms. The first-order valence-electron chi connectivity index (χ1n) is 11.0. The maximum atomic E-state index is 13.8. The lowest BCUT2D eigenvalue weighted by Gasteiger charge is -2.22. The van der Waals surface area contributed by atoms with Crippen molar-refractivity contribution in [1.29, 1.82) is 0 Å². The van der Waals surface area contributed by atoms with E-state index in [0.29, 0.717) is 27.4 Å². The fourth-order valence-electron chi connectivity index (χ4n) is 4.20. The number of anilines is 1. The number of hydrogen-bond acceptors (Lipinski definition) is 7. The third-order valence-corrected chi connectivity index (χ3v) is 7.36. The predicted octanol–water partition coefficient (Wildman–Crippen LogP) is 4.10. The van der Waals surface area contributed by atoms with E-state index in [9.17, 15) is 14.4 Å². The molecule has 3 heterocycles. The number of fused-ring (bicyclic) bond motifs is 2. The second-order valence-electron chi connectivity index (χ2n) is 8.65. The van der Waals surface area contributed by atoms with Crippen molar-refractivity contribution in [3.63, 3.8) is 0 Å². The normalized spacial score (nSPS) is 15.0. The minimum atomic E-state index is -0.727. The first-order chi connectivity index (χ1) is 16.7. The van der Waals surface area contributed by atoms with Gasteiger partial charge in [0.25, 0.3) is 11.8 Å². The Kier molecular flexibility index (Phi) is 5.44. The van der Waals surface area contributed by atoms with E-state index in [1.807, 2.05) is 27.7 Å². The summed E-state index contributed by atoms with van der Waals surface area (Å²) in [6, 6.07) is 9.73. The number of nitrogens with two attached hydrogens (primary N) is 1. The quantitative estimate of drug-likeness (QED) is 0.451. The molecule has 0 unspecified atom stereocenters. The molecule has 2 aromatic heterocycles. The zero-order chi connectivity index (χ0) is 25.0. The van der Waals surface area contributed by atoms with Gasteiger partial charge < -0.3 is 14.9 Å². The number of primary amides is 1. The third-order valence-electron chi connectivity index (χ3n) is 6.29. The Hall–Kier alpha value is -3.98. The Balaban J connectivity index is 1.71. The van der Waals surface area contributed by atoms with Crippen molar-refractivity contribution in [2.24, 2.45) is 5.73 Å². The largest absolute Gasteiger partial charge is 0.484 e. The number of carbonyl (C=O) groups is 2. The lowest BCUT2D eigenvalue weighted by atomic mass is 9.97. The third kappa shape index (κ3) is 3.77. The van der Waals surface area contributed by atoms with Gasteiger partial charge in [-0.2, -0.15) is 0 Å². The summed E-state index contributed by atoms with van der Waals surface area (Å²) in [5.41, 5.74) is 9.01. The topological polar surface area (TPSA) is 116 Å². The van der Waals surface area contributed by atoms with Crippen LogP contribution >= 0.6 is 11.3 Å². The maximum Gasteiger partial charge on any atom is 0.297 e.